The Morgan fingerprint density at radius 1 is 0.926 bits per heavy atom. The number of aliphatic carboxylic acids is 1. The lowest BCUT2D eigenvalue weighted by atomic mass is 10.0. The van der Waals surface area contributed by atoms with Crippen molar-refractivity contribution in [2.24, 2.45) is 0 Å². The third-order valence-corrected chi connectivity index (χ3v) is 6.30. The molecule has 0 fully saturated rings. The maximum atomic E-state index is 11.5. The molecular weight excluding hydrogens is 367 g/mol. The van der Waals surface area contributed by atoms with Crippen LogP contribution in [0.25, 0.3) is 0 Å². The molecule has 0 spiro atoms. The molecule has 0 heterocycles. The molecule has 0 saturated heterocycles. The van der Waals surface area contributed by atoms with E-state index in [-0.39, 0.29) is 12.8 Å². The summed E-state index contributed by atoms with van der Waals surface area (Å²) >= 11 is 0. The van der Waals surface area contributed by atoms with E-state index < -0.39 is 25.3 Å². The third-order valence-electron chi connectivity index (χ3n) is 4.63. The average Bonchev–Trinajstić information content (AvgIpc) is 2.53. The van der Waals surface area contributed by atoms with Gasteiger partial charge in [-0.2, -0.15) is 0 Å². The Hall–Kier alpha value is -1.20. The molecule has 0 aromatic rings. The molecule has 1 atom stereocenters. The molecule has 0 aliphatic heterocycles. The first-order valence-electron chi connectivity index (χ1n) is 9.31. The van der Waals surface area contributed by atoms with E-state index >= 15 is 0 Å². The number of allylic oxidation sites excluding steroid dienone is 6. The summed E-state index contributed by atoms with van der Waals surface area (Å²) in [5.74, 6) is -1.66. The molecule has 7 heteroatoms. The summed E-state index contributed by atoms with van der Waals surface area (Å²) in [6.07, 6.45) is 10.9. The van der Waals surface area contributed by atoms with Gasteiger partial charge in [-0.25, -0.2) is 0 Å². The van der Waals surface area contributed by atoms with Gasteiger partial charge in [-0.15, -0.1) is 0 Å². The molecule has 0 aromatic heterocycles. The molecule has 156 valence electrons. The summed E-state index contributed by atoms with van der Waals surface area (Å²) in [6.45, 7) is 7.22. The van der Waals surface area contributed by atoms with E-state index in [2.05, 4.69) is 32.9 Å². The van der Waals surface area contributed by atoms with Crippen LogP contribution in [0.3, 0.4) is 0 Å². The first-order chi connectivity index (χ1) is 12.5. The second kappa shape index (κ2) is 12.3. The Morgan fingerprint density at radius 3 is 1.81 bits per heavy atom. The predicted molar refractivity (Wildman–Crippen MR) is 109 cm³/mol. The molecule has 0 aliphatic carbocycles. The second-order valence-corrected chi connectivity index (χ2v) is 9.34. The van der Waals surface area contributed by atoms with Crippen molar-refractivity contribution in [1.29, 1.82) is 0 Å². The smallest absolute Gasteiger partial charge is 0.345 e. The Balaban J connectivity index is 4.45. The van der Waals surface area contributed by atoms with Gasteiger partial charge in [0.25, 0.3) is 0 Å². The summed E-state index contributed by atoms with van der Waals surface area (Å²) < 4.78 is 11.5. The van der Waals surface area contributed by atoms with Gasteiger partial charge in [0.1, 0.15) is 0 Å². The largest absolute Gasteiger partial charge is 0.480 e. The van der Waals surface area contributed by atoms with Crippen molar-refractivity contribution in [2.75, 3.05) is 6.61 Å². The monoisotopic (exact) mass is 402 g/mol. The number of hydrogen-bond donors (Lipinski definition) is 4. The molecule has 0 saturated carbocycles. The third kappa shape index (κ3) is 9.52. The Bertz CT molecular complexity index is 610. The maximum Gasteiger partial charge on any atom is 0.345 e. The molecule has 27 heavy (non-hydrogen) atoms. The molecule has 0 bridgehead atoms. The van der Waals surface area contributed by atoms with Crippen LogP contribution in [0.1, 0.15) is 72.6 Å². The van der Waals surface area contributed by atoms with E-state index in [1.807, 2.05) is 13.0 Å². The van der Waals surface area contributed by atoms with Crippen LogP contribution in [-0.4, -0.2) is 37.7 Å². The standard InChI is InChI=1S/C20H35O6P/c1-16(2)9-7-11-18(4)13-8-12-17(3)10-5-6-14-20(15-21,19(22)23)27(24,25)26/h9-10,13,21H,5-8,11-12,14-15H2,1-4H3,(H,22,23)(H2,24,25,26)/b17-10+,18-13+. The van der Waals surface area contributed by atoms with E-state index in [1.54, 1.807) is 0 Å². The number of hydrogen-bond acceptors (Lipinski definition) is 3. The normalized spacial score (nSPS) is 15.4. The molecular formula is C20H35O6P. The van der Waals surface area contributed by atoms with Crippen LogP contribution in [0.15, 0.2) is 34.9 Å². The maximum absolute atomic E-state index is 11.5. The van der Waals surface area contributed by atoms with Crippen LogP contribution in [0.4, 0.5) is 0 Å². The predicted octanol–water partition coefficient (Wildman–Crippen LogP) is 4.57. The van der Waals surface area contributed by atoms with Gasteiger partial charge in [-0.3, -0.25) is 9.36 Å². The van der Waals surface area contributed by atoms with Crippen molar-refractivity contribution >= 4 is 13.6 Å². The number of carbonyl (C=O) groups is 1. The van der Waals surface area contributed by atoms with Crippen molar-refractivity contribution in [1.82, 2.24) is 0 Å². The Kier molecular flexibility index (Phi) is 11.7. The highest BCUT2D eigenvalue weighted by atomic mass is 31.2. The number of carboxylic acids is 1. The minimum atomic E-state index is -4.95. The van der Waals surface area contributed by atoms with Crippen molar-refractivity contribution in [3.8, 4) is 0 Å². The minimum absolute atomic E-state index is 0.268. The molecule has 0 rings (SSSR count). The summed E-state index contributed by atoms with van der Waals surface area (Å²) in [5.41, 5.74) is 3.84. The van der Waals surface area contributed by atoms with Gasteiger partial charge in [0.15, 0.2) is 5.16 Å². The van der Waals surface area contributed by atoms with Gasteiger partial charge in [0, 0.05) is 0 Å². The highest BCUT2D eigenvalue weighted by Gasteiger charge is 2.53. The zero-order valence-corrected chi connectivity index (χ0v) is 17.8. The molecule has 1 unspecified atom stereocenters. The molecule has 0 aliphatic rings. The number of aliphatic hydroxyl groups is 1. The van der Waals surface area contributed by atoms with E-state index in [4.69, 9.17) is 5.11 Å². The number of carboxylic acid groups (broad SMARTS) is 1. The molecule has 6 nitrogen and oxygen atoms in total. The second-order valence-electron chi connectivity index (χ2n) is 7.39. The van der Waals surface area contributed by atoms with Crippen LogP contribution >= 0.6 is 7.60 Å². The highest BCUT2D eigenvalue weighted by Crippen LogP contribution is 2.53. The average molecular weight is 402 g/mol. The number of unbranched alkanes of at least 4 members (excludes halogenated alkanes) is 1. The van der Waals surface area contributed by atoms with E-state index in [1.165, 1.54) is 11.1 Å². The van der Waals surface area contributed by atoms with Crippen molar-refractivity contribution in [2.45, 2.75) is 77.8 Å². The first kappa shape index (κ1) is 25.8. The zero-order valence-electron chi connectivity index (χ0n) is 16.9. The van der Waals surface area contributed by atoms with Gasteiger partial charge in [-0.05, 0) is 72.6 Å². The quantitative estimate of drug-likeness (QED) is 0.204. The molecule has 0 amide bonds. The molecule has 0 aromatic carbocycles. The van der Waals surface area contributed by atoms with Gasteiger partial charge < -0.3 is 20.0 Å². The van der Waals surface area contributed by atoms with Crippen molar-refractivity contribution < 1.29 is 29.4 Å². The number of aliphatic hydroxyl groups excluding tert-OH is 1. The van der Waals surface area contributed by atoms with Crippen molar-refractivity contribution in [3.63, 3.8) is 0 Å². The highest BCUT2D eigenvalue weighted by molar-refractivity contribution is 7.54. The molecule has 4 N–H and O–H groups in total. The topological polar surface area (TPSA) is 115 Å². The summed E-state index contributed by atoms with van der Waals surface area (Å²) in [6, 6.07) is 0. The van der Waals surface area contributed by atoms with Gasteiger partial charge >= 0.3 is 13.6 Å². The van der Waals surface area contributed by atoms with Gasteiger partial charge in [-0.1, -0.05) is 34.9 Å². The first-order valence-corrected chi connectivity index (χ1v) is 10.9. The van der Waals surface area contributed by atoms with Crippen LogP contribution in [0.5, 0.6) is 0 Å². The van der Waals surface area contributed by atoms with E-state index in [0.29, 0.717) is 6.42 Å². The van der Waals surface area contributed by atoms with Crippen LogP contribution in [0, 0.1) is 0 Å². The fourth-order valence-corrected chi connectivity index (χ4v) is 3.58. The lowest BCUT2D eigenvalue weighted by Crippen LogP contribution is -2.42. The lowest BCUT2D eigenvalue weighted by Gasteiger charge is -2.27. The van der Waals surface area contributed by atoms with Crippen LogP contribution < -0.4 is 0 Å². The summed E-state index contributed by atoms with van der Waals surface area (Å²) in [7, 11) is -4.95. The fourth-order valence-electron chi connectivity index (χ4n) is 2.70. The SMILES string of the molecule is CC(C)=CCC/C(C)=C/CC/C(C)=C/CCCC(CO)(C(=O)O)P(=O)(O)O. The molecule has 0 radical (unpaired) electrons. The van der Waals surface area contributed by atoms with Crippen molar-refractivity contribution in [3.05, 3.63) is 34.9 Å². The summed E-state index contributed by atoms with van der Waals surface area (Å²) in [5, 5.41) is 16.0. The van der Waals surface area contributed by atoms with Gasteiger partial charge in [0.05, 0.1) is 6.61 Å². The Morgan fingerprint density at radius 2 is 1.41 bits per heavy atom. The number of rotatable bonds is 13. The van der Waals surface area contributed by atoms with Gasteiger partial charge in [0.2, 0.25) is 0 Å². The van der Waals surface area contributed by atoms with E-state index in [9.17, 15) is 24.3 Å². The fraction of sp³-hybridized carbons (Fsp3) is 0.650. The minimum Gasteiger partial charge on any atom is -0.480 e. The van der Waals surface area contributed by atoms with E-state index in [0.717, 1.165) is 31.3 Å². The van der Waals surface area contributed by atoms with Crippen LogP contribution in [0.2, 0.25) is 0 Å². The summed E-state index contributed by atoms with van der Waals surface area (Å²) in [4.78, 5) is 29.9. The Labute approximate surface area is 162 Å². The lowest BCUT2D eigenvalue weighted by molar-refractivity contribution is -0.142. The van der Waals surface area contributed by atoms with Crippen LogP contribution in [-0.2, 0) is 9.36 Å². The zero-order chi connectivity index (χ0) is 21.1.